The summed E-state index contributed by atoms with van der Waals surface area (Å²) in [6.45, 7) is 1.79. The van der Waals surface area contributed by atoms with Crippen LogP contribution in [0.3, 0.4) is 0 Å². The first kappa shape index (κ1) is 18.2. The van der Waals surface area contributed by atoms with Gasteiger partial charge in [0, 0.05) is 17.8 Å². The maximum atomic E-state index is 12.8. The molecule has 3 rings (SSSR count). The van der Waals surface area contributed by atoms with E-state index in [0.717, 1.165) is 5.69 Å². The number of hydrogen-bond acceptors (Lipinski definition) is 7. The largest absolute Gasteiger partial charge is 0.496 e. The fourth-order valence-corrected chi connectivity index (χ4v) is 2.59. The molecule has 0 bridgehead atoms. The Bertz CT molecular complexity index is 970. The van der Waals surface area contributed by atoms with Gasteiger partial charge in [-0.25, -0.2) is 0 Å². The topological polar surface area (TPSA) is 100 Å². The molecule has 0 atom stereocenters. The summed E-state index contributed by atoms with van der Waals surface area (Å²) in [4.78, 5) is 12.8. The summed E-state index contributed by atoms with van der Waals surface area (Å²) in [5.41, 5.74) is 1.64. The van der Waals surface area contributed by atoms with Crippen LogP contribution in [-0.2, 0) is 0 Å². The number of amides is 1. The Labute approximate surface area is 155 Å². The van der Waals surface area contributed by atoms with E-state index in [9.17, 15) is 4.79 Å². The number of benzene rings is 2. The van der Waals surface area contributed by atoms with Gasteiger partial charge in [-0.3, -0.25) is 4.79 Å². The van der Waals surface area contributed by atoms with Gasteiger partial charge >= 0.3 is 0 Å². The number of nitrogens with zero attached hydrogens (tertiary/aromatic N) is 4. The molecule has 3 aromatic rings. The molecule has 0 fully saturated rings. The summed E-state index contributed by atoms with van der Waals surface area (Å²) >= 11 is 0. The Balaban J connectivity index is 1.91. The number of aryl methyl sites for hydroxylation is 1. The Kier molecular flexibility index (Phi) is 5.20. The highest BCUT2D eigenvalue weighted by molar-refractivity contribution is 6.06. The van der Waals surface area contributed by atoms with Gasteiger partial charge in [0.05, 0.1) is 32.6 Å². The Morgan fingerprint density at radius 1 is 1.00 bits per heavy atom. The predicted octanol–water partition coefficient (Wildman–Crippen LogP) is 2.25. The summed E-state index contributed by atoms with van der Waals surface area (Å²) in [5.74, 6) is 1.57. The Morgan fingerprint density at radius 3 is 2.33 bits per heavy atom. The third kappa shape index (κ3) is 3.66. The average Bonchev–Trinajstić information content (AvgIpc) is 3.12. The van der Waals surface area contributed by atoms with Crippen molar-refractivity contribution >= 4 is 11.6 Å². The highest BCUT2D eigenvalue weighted by atomic mass is 16.5. The molecule has 0 unspecified atom stereocenters. The third-order valence-electron chi connectivity index (χ3n) is 3.92. The second kappa shape index (κ2) is 7.73. The van der Waals surface area contributed by atoms with Crippen LogP contribution in [0.2, 0.25) is 0 Å². The van der Waals surface area contributed by atoms with Gasteiger partial charge in [0.25, 0.3) is 5.91 Å². The lowest BCUT2D eigenvalue weighted by atomic mass is 10.1. The van der Waals surface area contributed by atoms with Crippen molar-refractivity contribution in [2.75, 3.05) is 26.6 Å². The highest BCUT2D eigenvalue weighted by Gasteiger charge is 2.18. The number of methoxy groups -OCH3 is 3. The molecule has 0 radical (unpaired) electrons. The van der Waals surface area contributed by atoms with E-state index in [0.29, 0.717) is 34.3 Å². The van der Waals surface area contributed by atoms with Crippen LogP contribution in [0.1, 0.15) is 16.2 Å². The van der Waals surface area contributed by atoms with Gasteiger partial charge in [-0.05, 0) is 35.5 Å². The molecule has 2 aromatic carbocycles. The lowest BCUT2D eigenvalue weighted by Gasteiger charge is -2.14. The van der Waals surface area contributed by atoms with Crippen LogP contribution < -0.4 is 19.5 Å². The molecule has 1 N–H and O–H groups in total. The summed E-state index contributed by atoms with van der Waals surface area (Å²) < 4.78 is 17.4. The van der Waals surface area contributed by atoms with E-state index < -0.39 is 0 Å². The zero-order valence-corrected chi connectivity index (χ0v) is 15.4. The number of rotatable bonds is 6. The molecule has 9 nitrogen and oxygen atoms in total. The van der Waals surface area contributed by atoms with Gasteiger partial charge in [-0.15, -0.1) is 5.10 Å². The summed E-state index contributed by atoms with van der Waals surface area (Å²) in [7, 11) is 4.51. The quantitative estimate of drug-likeness (QED) is 0.711. The summed E-state index contributed by atoms with van der Waals surface area (Å²) in [6, 6.07) is 10.4. The standard InChI is InChI=1S/C18H19N5O4/c1-11-20-21-22-23(11)13-7-5-6-12(8-13)19-18(24)14-9-16(26-3)17(27-4)10-15(14)25-2/h5-10H,1-4H3,(H,19,24). The van der Waals surface area contributed by atoms with Crippen molar-refractivity contribution in [3.63, 3.8) is 0 Å². The van der Waals surface area contributed by atoms with E-state index in [2.05, 4.69) is 20.8 Å². The number of nitrogens with one attached hydrogen (secondary N) is 1. The average molecular weight is 369 g/mol. The van der Waals surface area contributed by atoms with Gasteiger partial charge in [-0.2, -0.15) is 4.68 Å². The van der Waals surface area contributed by atoms with E-state index in [1.165, 1.54) is 21.3 Å². The zero-order valence-electron chi connectivity index (χ0n) is 15.4. The fourth-order valence-electron chi connectivity index (χ4n) is 2.59. The summed E-state index contributed by atoms with van der Waals surface area (Å²) in [6.07, 6.45) is 0. The first-order valence-corrected chi connectivity index (χ1v) is 8.04. The third-order valence-corrected chi connectivity index (χ3v) is 3.92. The molecule has 27 heavy (non-hydrogen) atoms. The SMILES string of the molecule is COc1cc(OC)c(C(=O)Nc2cccc(-n3nnnc3C)c2)cc1OC. The molecular weight excluding hydrogens is 350 g/mol. The predicted molar refractivity (Wildman–Crippen MR) is 97.9 cm³/mol. The maximum absolute atomic E-state index is 12.8. The fraction of sp³-hybridized carbons (Fsp3) is 0.222. The number of tetrazole rings is 1. The van der Waals surface area contributed by atoms with Crippen LogP contribution in [0.25, 0.3) is 5.69 Å². The zero-order chi connectivity index (χ0) is 19.4. The number of anilines is 1. The van der Waals surface area contributed by atoms with Gasteiger partial charge in [0.1, 0.15) is 5.75 Å². The van der Waals surface area contributed by atoms with E-state index >= 15 is 0 Å². The van der Waals surface area contributed by atoms with Crippen molar-refractivity contribution in [3.8, 4) is 22.9 Å². The first-order chi connectivity index (χ1) is 13.1. The molecular formula is C18H19N5O4. The van der Waals surface area contributed by atoms with E-state index in [4.69, 9.17) is 14.2 Å². The molecule has 0 saturated heterocycles. The number of carbonyl (C=O) groups is 1. The lowest BCUT2D eigenvalue weighted by Crippen LogP contribution is -2.14. The monoisotopic (exact) mass is 369 g/mol. The molecule has 1 amide bonds. The first-order valence-electron chi connectivity index (χ1n) is 8.04. The van der Waals surface area contributed by atoms with Crippen LogP contribution in [-0.4, -0.2) is 47.4 Å². The van der Waals surface area contributed by atoms with Gasteiger partial charge in [0.2, 0.25) is 0 Å². The van der Waals surface area contributed by atoms with Gasteiger partial charge < -0.3 is 19.5 Å². The van der Waals surface area contributed by atoms with Crippen LogP contribution in [0.5, 0.6) is 17.2 Å². The van der Waals surface area contributed by atoms with Crippen LogP contribution >= 0.6 is 0 Å². The minimum absolute atomic E-state index is 0.319. The molecule has 0 aliphatic heterocycles. The van der Waals surface area contributed by atoms with Crippen molar-refractivity contribution < 1.29 is 19.0 Å². The second-order valence-corrected chi connectivity index (χ2v) is 5.55. The maximum Gasteiger partial charge on any atom is 0.259 e. The molecule has 0 aliphatic rings. The minimum Gasteiger partial charge on any atom is -0.496 e. The van der Waals surface area contributed by atoms with Crippen molar-refractivity contribution in [3.05, 3.63) is 47.8 Å². The number of carbonyl (C=O) groups excluding carboxylic acids is 1. The lowest BCUT2D eigenvalue weighted by molar-refractivity contribution is 0.102. The molecule has 0 aliphatic carbocycles. The molecule has 0 spiro atoms. The molecule has 140 valence electrons. The molecule has 1 aromatic heterocycles. The summed E-state index contributed by atoms with van der Waals surface area (Å²) in [5, 5.41) is 14.3. The molecule has 1 heterocycles. The van der Waals surface area contributed by atoms with Crippen LogP contribution in [0, 0.1) is 6.92 Å². The van der Waals surface area contributed by atoms with E-state index in [-0.39, 0.29) is 5.91 Å². The van der Waals surface area contributed by atoms with E-state index in [1.54, 1.807) is 41.9 Å². The smallest absolute Gasteiger partial charge is 0.259 e. The number of aromatic nitrogens is 4. The molecule has 9 heteroatoms. The Hall–Kier alpha value is -3.62. The van der Waals surface area contributed by atoms with Gasteiger partial charge in [-0.1, -0.05) is 6.07 Å². The minimum atomic E-state index is -0.349. The number of hydrogen-bond donors (Lipinski definition) is 1. The Morgan fingerprint density at radius 2 is 1.70 bits per heavy atom. The van der Waals surface area contributed by atoms with Gasteiger partial charge in [0.15, 0.2) is 17.3 Å². The van der Waals surface area contributed by atoms with Crippen molar-refractivity contribution in [2.45, 2.75) is 6.92 Å². The van der Waals surface area contributed by atoms with Crippen molar-refractivity contribution in [1.82, 2.24) is 20.2 Å². The van der Waals surface area contributed by atoms with E-state index in [1.807, 2.05) is 6.07 Å². The van der Waals surface area contributed by atoms with Crippen molar-refractivity contribution in [1.29, 1.82) is 0 Å². The normalized spacial score (nSPS) is 10.4. The van der Waals surface area contributed by atoms with Crippen LogP contribution in [0.15, 0.2) is 36.4 Å². The van der Waals surface area contributed by atoms with Crippen LogP contribution in [0.4, 0.5) is 5.69 Å². The second-order valence-electron chi connectivity index (χ2n) is 5.55. The number of ether oxygens (including phenoxy) is 3. The molecule has 0 saturated carbocycles. The highest BCUT2D eigenvalue weighted by Crippen LogP contribution is 2.35. The van der Waals surface area contributed by atoms with Crippen molar-refractivity contribution in [2.24, 2.45) is 0 Å².